The molecule has 0 spiro atoms. The van der Waals surface area contributed by atoms with Crippen molar-refractivity contribution in [1.29, 1.82) is 0 Å². The van der Waals surface area contributed by atoms with Gasteiger partial charge in [0.1, 0.15) is 0 Å². The van der Waals surface area contributed by atoms with Crippen molar-refractivity contribution in [2.45, 2.75) is 0 Å². The molecule has 0 unspecified atom stereocenters. The summed E-state index contributed by atoms with van der Waals surface area (Å²) in [7, 11) is 0.538. The minimum atomic E-state index is -3.67. The average Bonchev–Trinajstić information content (AvgIpc) is 1.65. The summed E-state index contributed by atoms with van der Waals surface area (Å²) in [6, 6.07) is 0. The van der Waals surface area contributed by atoms with Gasteiger partial charge in [0.15, 0.2) is 0 Å². The molecule has 0 aliphatic heterocycles. The monoisotopic (exact) mass is 165 g/mol. The summed E-state index contributed by atoms with van der Waals surface area (Å²) in [6.07, 6.45) is 0. The van der Waals surface area contributed by atoms with Gasteiger partial charge in [0.2, 0.25) is 0 Å². The van der Waals surface area contributed by atoms with Crippen LogP contribution in [0, 0.1) is 0 Å². The zero-order valence-electron chi connectivity index (χ0n) is 5.87. The number of rotatable bonds is 1. The van der Waals surface area contributed by atoms with Crippen LogP contribution in [0.1, 0.15) is 0 Å². The van der Waals surface area contributed by atoms with Crippen LogP contribution in [0.3, 0.4) is 0 Å². The maximum Gasteiger partial charge on any atom is 0.762 e. The first kappa shape index (κ1) is 13.1. The Kier molecular flexibility index (Phi) is 13.7. The van der Waals surface area contributed by atoms with Gasteiger partial charge in [-0.15, -0.1) is 0 Å². The first-order valence-electron chi connectivity index (χ1n) is 2.57. The van der Waals surface area contributed by atoms with E-state index in [1.807, 2.05) is 0 Å². The Balaban J connectivity index is 0. The normalized spacial score (nSPS) is 8.44. The molecule has 0 amide bonds. The van der Waals surface area contributed by atoms with E-state index in [0.29, 0.717) is 0 Å². The zero-order chi connectivity index (χ0) is 7.86. The second-order valence-electron chi connectivity index (χ2n) is 1.64. The van der Waals surface area contributed by atoms with Crippen molar-refractivity contribution in [3.05, 3.63) is 0 Å². The molecule has 9 heavy (non-hydrogen) atoms. The van der Waals surface area contributed by atoms with Gasteiger partial charge in [-0.2, -0.15) is 0 Å². The van der Waals surface area contributed by atoms with Gasteiger partial charge in [-0.05, 0) is 0 Å². The van der Waals surface area contributed by atoms with Crippen molar-refractivity contribution < 1.29 is 12.9 Å². The van der Waals surface area contributed by atoms with Crippen LogP contribution in [0.2, 0.25) is 0 Å². The Labute approximate surface area is 87.8 Å². The molecule has 0 radical (unpaired) electrons. The van der Waals surface area contributed by atoms with Crippen molar-refractivity contribution in [1.82, 2.24) is 4.90 Å². The van der Waals surface area contributed by atoms with Gasteiger partial charge < -0.3 is 0 Å². The Morgan fingerprint density at radius 1 is 1.33 bits per heavy atom. The molecule has 0 fully saturated rings. The van der Waals surface area contributed by atoms with Gasteiger partial charge in [-0.25, -0.2) is 0 Å². The summed E-state index contributed by atoms with van der Waals surface area (Å²) in [5.41, 5.74) is 0. The van der Waals surface area contributed by atoms with Crippen LogP contribution < -0.4 is 0 Å². The van der Waals surface area contributed by atoms with Gasteiger partial charge in [0, 0.05) is 0 Å². The number of halogens is 3. The Hall–Kier alpha value is 1.45. The van der Waals surface area contributed by atoms with Crippen molar-refractivity contribution in [2.24, 2.45) is 0 Å². The topological polar surface area (TPSA) is 3.24 Å². The minimum absolute atomic E-state index is 1.01. The van der Waals surface area contributed by atoms with Gasteiger partial charge in [-0.1, -0.05) is 0 Å². The summed E-state index contributed by atoms with van der Waals surface area (Å²) in [5.74, 6) is 0. The van der Waals surface area contributed by atoms with E-state index in [1.165, 1.54) is 0.639 Å². The first-order valence-corrected chi connectivity index (χ1v) is 4.78. The SMILES string of the molecule is CN(C)[CH2][K].FB(F)F. The van der Waals surface area contributed by atoms with Crippen LogP contribution in [-0.2, 0) is 0 Å². The first-order chi connectivity index (χ1) is 4.00. The third kappa shape index (κ3) is 44.1. The van der Waals surface area contributed by atoms with Crippen LogP contribution in [0.4, 0.5) is 12.9 Å². The van der Waals surface area contributed by atoms with E-state index >= 15 is 0 Å². The standard InChI is InChI=1S/C3H8N.BF3.K/c1-4(2)3;2-1(3)4;/h1H2,2-3H3;;. The number of hydrogen-bond acceptors (Lipinski definition) is 1. The van der Waals surface area contributed by atoms with E-state index in [9.17, 15) is 12.9 Å². The van der Waals surface area contributed by atoms with Crippen LogP contribution in [-0.4, -0.2) is 76.1 Å². The molecule has 0 aromatic rings. The summed E-state index contributed by atoms with van der Waals surface area (Å²) < 4.78 is 30.3. The van der Waals surface area contributed by atoms with Gasteiger partial charge in [0.25, 0.3) is 0 Å². The third-order valence-corrected chi connectivity index (χ3v) is 2.61. The van der Waals surface area contributed by atoms with E-state index in [0.717, 1.165) is 49.0 Å². The van der Waals surface area contributed by atoms with Gasteiger partial charge >= 0.3 is 76.1 Å². The third-order valence-electron chi connectivity index (χ3n) is 0.632. The molecule has 0 heterocycles. The van der Waals surface area contributed by atoms with Gasteiger partial charge in [0.05, 0.1) is 0 Å². The molecule has 0 saturated heterocycles. The molecule has 0 aromatic carbocycles. The molecule has 0 aliphatic rings. The molecule has 0 N–H and O–H groups in total. The maximum atomic E-state index is 9.67. The maximum absolute atomic E-state index is 9.67. The van der Waals surface area contributed by atoms with Crippen LogP contribution >= 0.6 is 0 Å². The van der Waals surface area contributed by atoms with Crippen molar-refractivity contribution in [3.63, 3.8) is 0 Å². The Bertz CT molecular complexity index is 51.6. The molecule has 0 bridgehead atoms. The van der Waals surface area contributed by atoms with E-state index < -0.39 is 7.54 Å². The van der Waals surface area contributed by atoms with E-state index in [4.69, 9.17) is 0 Å². The van der Waals surface area contributed by atoms with Crippen molar-refractivity contribution in [3.8, 4) is 0 Å². The Morgan fingerprint density at radius 3 is 1.44 bits per heavy atom. The predicted octanol–water partition coefficient (Wildman–Crippen LogP) is 0.554. The minimum Gasteiger partial charge on any atom is -0.254 e. The summed E-state index contributed by atoms with van der Waals surface area (Å²) >= 11 is 1.01. The molecule has 50 valence electrons. The van der Waals surface area contributed by atoms with Crippen LogP contribution in [0.15, 0.2) is 0 Å². The average molecular weight is 165 g/mol. The number of hydrogen-bond donors (Lipinski definition) is 0. The van der Waals surface area contributed by atoms with Crippen LogP contribution in [0.5, 0.6) is 0 Å². The molecule has 0 saturated carbocycles. The smallest absolute Gasteiger partial charge is 0.254 e. The van der Waals surface area contributed by atoms with E-state index in [-0.39, 0.29) is 0 Å². The second kappa shape index (κ2) is 9.45. The fraction of sp³-hybridized carbons (Fsp3) is 1.00. The molecule has 0 rings (SSSR count). The van der Waals surface area contributed by atoms with Gasteiger partial charge in [-0.3, -0.25) is 12.9 Å². The summed E-state index contributed by atoms with van der Waals surface area (Å²) in [6.45, 7) is 0. The number of nitrogens with zero attached hydrogens (tertiary/aromatic N) is 1. The quantitative estimate of drug-likeness (QED) is 0.513. The molecule has 1 nitrogen and oxygen atoms in total. The van der Waals surface area contributed by atoms with E-state index in [2.05, 4.69) is 19.0 Å². The van der Waals surface area contributed by atoms with E-state index in [1.54, 1.807) is 0 Å². The fourth-order valence-electron chi connectivity index (χ4n) is 0. The zero-order valence-corrected chi connectivity index (χ0v) is 8.99. The fourth-order valence-corrected chi connectivity index (χ4v) is 0. The Morgan fingerprint density at radius 2 is 1.44 bits per heavy atom. The molecule has 0 aromatic heterocycles. The molecular weight excluding hydrogens is 157 g/mol. The molecule has 0 aliphatic carbocycles. The van der Waals surface area contributed by atoms with Crippen molar-refractivity contribution in [2.75, 3.05) is 14.7 Å². The molecular formula is C3H8BF3KN. The van der Waals surface area contributed by atoms with Crippen LogP contribution in [0.25, 0.3) is 0 Å². The summed E-state index contributed by atoms with van der Waals surface area (Å²) in [4.78, 5) is 2.21. The molecule has 0 atom stereocenters. The molecule has 6 heteroatoms. The largest absolute Gasteiger partial charge is 0.762 e. The van der Waals surface area contributed by atoms with Crippen molar-refractivity contribution >= 4 is 56.5 Å². The predicted molar refractivity (Wildman–Crippen MR) is 33.4 cm³/mol. The summed E-state index contributed by atoms with van der Waals surface area (Å²) in [5, 5.41) is 0. The second-order valence-corrected chi connectivity index (χ2v) is 2.63.